The topological polar surface area (TPSA) is 84.1 Å². The lowest BCUT2D eigenvalue weighted by Crippen LogP contribution is -2.56. The number of thiophene rings is 1. The van der Waals surface area contributed by atoms with E-state index < -0.39 is 23.6 Å². The second-order valence-electron chi connectivity index (χ2n) is 6.11. The SMILES string of the molecule is NC(=O)C1CN(c2nc(-c3cc(F)c(Cl)cc3F)nc3ccsc23)CCN1. The van der Waals surface area contributed by atoms with E-state index in [1.807, 2.05) is 10.3 Å². The molecule has 0 bridgehead atoms. The van der Waals surface area contributed by atoms with Crippen molar-refractivity contribution in [2.24, 2.45) is 5.73 Å². The minimum Gasteiger partial charge on any atom is -0.368 e. The van der Waals surface area contributed by atoms with Gasteiger partial charge < -0.3 is 16.0 Å². The number of amides is 1. The van der Waals surface area contributed by atoms with Crippen LogP contribution in [0.1, 0.15) is 0 Å². The van der Waals surface area contributed by atoms with Crippen molar-refractivity contribution in [1.29, 1.82) is 0 Å². The van der Waals surface area contributed by atoms with Crippen molar-refractivity contribution in [3.63, 3.8) is 0 Å². The summed E-state index contributed by atoms with van der Waals surface area (Å²) in [7, 11) is 0. The van der Waals surface area contributed by atoms with Gasteiger partial charge in [-0.1, -0.05) is 11.6 Å². The van der Waals surface area contributed by atoms with Gasteiger partial charge in [0.15, 0.2) is 11.6 Å². The molecule has 1 fully saturated rings. The zero-order chi connectivity index (χ0) is 19.1. The third-order valence-electron chi connectivity index (χ3n) is 4.35. The number of primary amides is 1. The van der Waals surface area contributed by atoms with Gasteiger partial charge in [-0.05, 0) is 23.6 Å². The Hall–Kier alpha value is -2.36. The molecule has 1 atom stereocenters. The predicted molar refractivity (Wildman–Crippen MR) is 101 cm³/mol. The lowest BCUT2D eigenvalue weighted by atomic mass is 10.1. The minimum absolute atomic E-state index is 0.0538. The van der Waals surface area contributed by atoms with Crippen molar-refractivity contribution in [2.45, 2.75) is 6.04 Å². The van der Waals surface area contributed by atoms with E-state index >= 15 is 0 Å². The van der Waals surface area contributed by atoms with E-state index in [1.54, 1.807) is 6.07 Å². The molecular formula is C17H14ClF2N5OS. The van der Waals surface area contributed by atoms with Crippen LogP contribution in [0.4, 0.5) is 14.6 Å². The Bertz CT molecular complexity index is 1040. The molecule has 1 aromatic carbocycles. The van der Waals surface area contributed by atoms with Gasteiger partial charge in [-0.2, -0.15) is 0 Å². The number of rotatable bonds is 3. The van der Waals surface area contributed by atoms with Crippen LogP contribution in [-0.4, -0.2) is 41.6 Å². The highest BCUT2D eigenvalue weighted by molar-refractivity contribution is 7.17. The standard InChI is InChI=1S/C17H14ClF2N5OS/c18-9-6-10(19)8(5-11(9)20)16-23-12-1-4-27-14(12)17(24-16)25-3-2-22-13(7-25)15(21)26/h1,4-6,13,22H,2-3,7H2,(H2,21,26). The lowest BCUT2D eigenvalue weighted by molar-refractivity contribution is -0.120. The number of carbonyl (C=O) groups excluding carboxylic acids is 1. The summed E-state index contributed by atoms with van der Waals surface area (Å²) in [5.41, 5.74) is 5.95. The Labute approximate surface area is 162 Å². The van der Waals surface area contributed by atoms with E-state index in [1.165, 1.54) is 11.3 Å². The number of nitrogens with two attached hydrogens (primary N) is 1. The summed E-state index contributed by atoms with van der Waals surface area (Å²) in [5.74, 6) is -1.30. The molecule has 1 aliphatic heterocycles. The van der Waals surface area contributed by atoms with Gasteiger partial charge in [-0.25, -0.2) is 18.7 Å². The first kappa shape index (κ1) is 18.0. The van der Waals surface area contributed by atoms with Crippen molar-refractivity contribution >= 4 is 44.9 Å². The molecule has 6 nitrogen and oxygen atoms in total. The summed E-state index contributed by atoms with van der Waals surface area (Å²) in [5, 5.41) is 4.59. The summed E-state index contributed by atoms with van der Waals surface area (Å²) in [6, 6.07) is 3.16. The first-order valence-electron chi connectivity index (χ1n) is 8.12. The Morgan fingerprint density at radius 1 is 1.33 bits per heavy atom. The average Bonchev–Trinajstić information content (AvgIpc) is 3.12. The van der Waals surface area contributed by atoms with Crippen molar-refractivity contribution in [3.05, 3.63) is 40.2 Å². The highest BCUT2D eigenvalue weighted by Gasteiger charge is 2.27. The summed E-state index contributed by atoms with van der Waals surface area (Å²) >= 11 is 7.08. The molecule has 3 aromatic rings. The van der Waals surface area contributed by atoms with Crippen LogP contribution in [-0.2, 0) is 4.79 Å². The predicted octanol–water partition coefficient (Wildman–Crippen LogP) is 2.55. The number of anilines is 1. The maximum absolute atomic E-state index is 14.4. The second kappa shape index (κ2) is 6.99. The van der Waals surface area contributed by atoms with Crippen LogP contribution in [0.15, 0.2) is 23.6 Å². The third-order valence-corrected chi connectivity index (χ3v) is 5.54. The Morgan fingerprint density at radius 3 is 2.93 bits per heavy atom. The molecule has 1 saturated heterocycles. The van der Waals surface area contributed by atoms with E-state index in [0.29, 0.717) is 31.0 Å². The molecule has 0 spiro atoms. The molecule has 1 unspecified atom stereocenters. The van der Waals surface area contributed by atoms with E-state index in [4.69, 9.17) is 17.3 Å². The summed E-state index contributed by atoms with van der Waals surface area (Å²) in [4.78, 5) is 22.3. The molecule has 4 rings (SSSR count). The normalized spacial score (nSPS) is 17.4. The molecule has 2 aromatic heterocycles. The molecule has 3 heterocycles. The maximum Gasteiger partial charge on any atom is 0.236 e. The average molecular weight is 410 g/mol. The van der Waals surface area contributed by atoms with Crippen molar-refractivity contribution in [3.8, 4) is 11.4 Å². The van der Waals surface area contributed by atoms with Gasteiger partial charge in [0.2, 0.25) is 5.91 Å². The number of benzene rings is 1. The molecule has 3 N–H and O–H groups in total. The highest BCUT2D eigenvalue weighted by atomic mass is 35.5. The fourth-order valence-corrected chi connectivity index (χ4v) is 4.01. The van der Waals surface area contributed by atoms with Crippen LogP contribution >= 0.6 is 22.9 Å². The number of carbonyl (C=O) groups is 1. The van der Waals surface area contributed by atoms with Gasteiger partial charge in [-0.15, -0.1) is 11.3 Å². The van der Waals surface area contributed by atoms with Crippen LogP contribution in [0.25, 0.3) is 21.6 Å². The van der Waals surface area contributed by atoms with Crippen LogP contribution in [0.3, 0.4) is 0 Å². The lowest BCUT2D eigenvalue weighted by Gasteiger charge is -2.33. The monoisotopic (exact) mass is 409 g/mol. The minimum atomic E-state index is -0.750. The molecule has 140 valence electrons. The molecule has 1 amide bonds. The van der Waals surface area contributed by atoms with Crippen LogP contribution < -0.4 is 16.0 Å². The van der Waals surface area contributed by atoms with E-state index in [-0.39, 0.29) is 16.4 Å². The van der Waals surface area contributed by atoms with E-state index in [9.17, 15) is 13.6 Å². The van der Waals surface area contributed by atoms with Gasteiger partial charge in [0.05, 0.1) is 20.8 Å². The number of hydrogen-bond acceptors (Lipinski definition) is 6. The fraction of sp³-hybridized carbons (Fsp3) is 0.235. The van der Waals surface area contributed by atoms with Crippen molar-refractivity contribution < 1.29 is 13.6 Å². The summed E-state index contributed by atoms with van der Waals surface area (Å²) < 4.78 is 29.0. The molecule has 27 heavy (non-hydrogen) atoms. The van der Waals surface area contributed by atoms with Gasteiger partial charge in [0.1, 0.15) is 17.7 Å². The molecule has 0 aliphatic carbocycles. The van der Waals surface area contributed by atoms with E-state index in [2.05, 4.69) is 15.3 Å². The zero-order valence-corrected chi connectivity index (χ0v) is 15.4. The number of hydrogen-bond donors (Lipinski definition) is 2. The van der Waals surface area contributed by atoms with Gasteiger partial charge in [0.25, 0.3) is 0 Å². The number of aromatic nitrogens is 2. The van der Waals surface area contributed by atoms with Gasteiger partial charge >= 0.3 is 0 Å². The molecule has 1 aliphatic rings. The first-order chi connectivity index (χ1) is 12.9. The number of halogens is 3. The number of nitrogens with zero attached hydrogens (tertiary/aromatic N) is 3. The fourth-order valence-electron chi connectivity index (χ4n) is 3.01. The third kappa shape index (κ3) is 3.33. The van der Waals surface area contributed by atoms with Gasteiger partial charge in [0, 0.05) is 19.6 Å². The Kier molecular flexibility index (Phi) is 4.67. The van der Waals surface area contributed by atoms with Crippen molar-refractivity contribution in [1.82, 2.24) is 15.3 Å². The second-order valence-corrected chi connectivity index (χ2v) is 7.43. The quantitative estimate of drug-likeness (QED) is 0.649. The van der Waals surface area contributed by atoms with Crippen molar-refractivity contribution in [2.75, 3.05) is 24.5 Å². The van der Waals surface area contributed by atoms with Crippen LogP contribution in [0.5, 0.6) is 0 Å². The first-order valence-corrected chi connectivity index (χ1v) is 9.37. The van der Waals surface area contributed by atoms with Crippen LogP contribution in [0.2, 0.25) is 5.02 Å². The zero-order valence-electron chi connectivity index (χ0n) is 13.9. The molecule has 0 saturated carbocycles. The van der Waals surface area contributed by atoms with Crippen LogP contribution in [0, 0.1) is 11.6 Å². The number of fused-ring (bicyclic) bond motifs is 1. The Balaban J connectivity index is 1.83. The molecular weight excluding hydrogens is 396 g/mol. The summed E-state index contributed by atoms with van der Waals surface area (Å²) in [6.45, 7) is 1.46. The largest absolute Gasteiger partial charge is 0.368 e. The number of nitrogens with one attached hydrogen (secondary N) is 1. The number of piperazine rings is 1. The summed E-state index contributed by atoms with van der Waals surface area (Å²) in [6.07, 6.45) is 0. The molecule has 0 radical (unpaired) electrons. The van der Waals surface area contributed by atoms with Gasteiger partial charge in [-0.3, -0.25) is 4.79 Å². The Morgan fingerprint density at radius 2 is 2.15 bits per heavy atom. The molecule has 10 heteroatoms. The smallest absolute Gasteiger partial charge is 0.236 e. The highest BCUT2D eigenvalue weighted by Crippen LogP contribution is 2.33. The van der Waals surface area contributed by atoms with E-state index in [0.717, 1.165) is 16.8 Å². The maximum atomic E-state index is 14.4.